The van der Waals surface area contributed by atoms with E-state index in [0.717, 1.165) is 35.7 Å². The molecule has 3 heterocycles. The first kappa shape index (κ1) is 11.3. The number of nitrogens with zero attached hydrogens (tertiary/aromatic N) is 3. The maximum Gasteiger partial charge on any atom is 0.225 e. The lowest BCUT2D eigenvalue weighted by Gasteiger charge is -2.08. The van der Waals surface area contributed by atoms with Crippen molar-refractivity contribution in [3.8, 4) is 0 Å². The van der Waals surface area contributed by atoms with Gasteiger partial charge in [0.15, 0.2) is 5.65 Å². The van der Waals surface area contributed by atoms with Gasteiger partial charge in [-0.05, 0) is 24.4 Å². The van der Waals surface area contributed by atoms with Crippen LogP contribution in [0.1, 0.15) is 12.8 Å². The smallest absolute Gasteiger partial charge is 0.225 e. The predicted octanol–water partition coefficient (Wildman–Crippen LogP) is 2.28. The van der Waals surface area contributed by atoms with Crippen LogP contribution < -0.4 is 0 Å². The largest absolute Gasteiger partial charge is 0.377 e. The van der Waals surface area contributed by atoms with Crippen molar-refractivity contribution >= 4 is 34.5 Å². The summed E-state index contributed by atoms with van der Waals surface area (Å²) in [6.45, 7) is 0.870. The molecule has 0 amide bonds. The Morgan fingerprint density at radius 3 is 3.29 bits per heavy atom. The molecule has 1 N–H and O–H groups in total. The Morgan fingerprint density at radius 1 is 1.53 bits per heavy atom. The summed E-state index contributed by atoms with van der Waals surface area (Å²) >= 11 is 7.49. The first-order chi connectivity index (χ1) is 8.33. The van der Waals surface area contributed by atoms with Gasteiger partial charge in [0.25, 0.3) is 0 Å². The van der Waals surface area contributed by atoms with Gasteiger partial charge in [-0.3, -0.25) is 0 Å². The van der Waals surface area contributed by atoms with Gasteiger partial charge in [0.05, 0.1) is 12.4 Å². The number of aromatic amines is 1. The minimum atomic E-state index is 0.236. The molecular weight excluding hydrogens is 260 g/mol. The zero-order valence-corrected chi connectivity index (χ0v) is 10.6. The fourth-order valence-electron chi connectivity index (χ4n) is 1.83. The van der Waals surface area contributed by atoms with E-state index < -0.39 is 0 Å². The maximum atomic E-state index is 5.86. The topological polar surface area (TPSA) is 63.7 Å². The zero-order chi connectivity index (χ0) is 11.7. The number of ether oxygens (including phenoxy) is 1. The van der Waals surface area contributed by atoms with Crippen molar-refractivity contribution in [2.24, 2.45) is 0 Å². The maximum absolute atomic E-state index is 5.86. The molecule has 0 saturated carbocycles. The van der Waals surface area contributed by atoms with Gasteiger partial charge >= 0.3 is 0 Å². The lowest BCUT2D eigenvalue weighted by molar-refractivity contribution is 0.129. The number of nitrogens with one attached hydrogen (secondary N) is 1. The molecule has 7 heteroatoms. The van der Waals surface area contributed by atoms with Crippen molar-refractivity contribution in [3.63, 3.8) is 0 Å². The summed E-state index contributed by atoms with van der Waals surface area (Å²) in [5.74, 6) is 0.890. The summed E-state index contributed by atoms with van der Waals surface area (Å²) < 4.78 is 5.58. The number of hydrogen-bond donors (Lipinski definition) is 1. The van der Waals surface area contributed by atoms with E-state index in [1.54, 1.807) is 18.1 Å². The lowest BCUT2D eigenvalue weighted by atomic mass is 10.3. The molecule has 0 aromatic carbocycles. The van der Waals surface area contributed by atoms with Gasteiger partial charge in [-0.15, -0.1) is 11.8 Å². The molecular formula is C10H11ClN4OS. The van der Waals surface area contributed by atoms with Gasteiger partial charge in [0.2, 0.25) is 5.28 Å². The quantitative estimate of drug-likeness (QED) is 0.527. The van der Waals surface area contributed by atoms with Gasteiger partial charge in [0, 0.05) is 12.4 Å². The minimum absolute atomic E-state index is 0.236. The molecule has 2 aromatic heterocycles. The fourth-order valence-corrected chi connectivity index (χ4v) is 3.10. The van der Waals surface area contributed by atoms with Crippen molar-refractivity contribution in [1.29, 1.82) is 0 Å². The Bertz CT molecular complexity index is 526. The monoisotopic (exact) mass is 270 g/mol. The number of thioether (sulfide) groups is 1. The Hall–Kier alpha value is -0.850. The molecule has 0 bridgehead atoms. The molecule has 3 rings (SSSR count). The Kier molecular flexibility index (Phi) is 3.17. The van der Waals surface area contributed by atoms with Crippen molar-refractivity contribution < 1.29 is 4.74 Å². The number of halogens is 1. The number of fused-ring (bicyclic) bond motifs is 1. The summed E-state index contributed by atoms with van der Waals surface area (Å²) in [5, 5.41) is 1.08. The molecule has 1 saturated heterocycles. The lowest BCUT2D eigenvalue weighted by Crippen LogP contribution is -2.08. The second-order valence-corrected chi connectivity index (χ2v) is 5.19. The molecule has 0 aliphatic carbocycles. The van der Waals surface area contributed by atoms with Gasteiger partial charge in [-0.2, -0.15) is 4.98 Å². The molecule has 17 heavy (non-hydrogen) atoms. The van der Waals surface area contributed by atoms with Crippen LogP contribution in [0.3, 0.4) is 0 Å². The van der Waals surface area contributed by atoms with Crippen LogP contribution in [0.4, 0.5) is 0 Å². The van der Waals surface area contributed by atoms with Crippen LogP contribution in [0.2, 0.25) is 5.28 Å². The third kappa shape index (κ3) is 2.38. The number of rotatable bonds is 3. The van der Waals surface area contributed by atoms with E-state index in [4.69, 9.17) is 16.3 Å². The highest BCUT2D eigenvalue weighted by molar-refractivity contribution is 7.99. The van der Waals surface area contributed by atoms with E-state index in [9.17, 15) is 0 Å². The van der Waals surface area contributed by atoms with Crippen molar-refractivity contribution in [1.82, 2.24) is 19.9 Å². The Morgan fingerprint density at radius 2 is 2.47 bits per heavy atom. The molecule has 0 radical (unpaired) electrons. The Balaban J connectivity index is 1.81. The average Bonchev–Trinajstić information content (AvgIpc) is 2.95. The van der Waals surface area contributed by atoms with Gasteiger partial charge < -0.3 is 9.72 Å². The summed E-state index contributed by atoms with van der Waals surface area (Å²) in [6, 6.07) is 0. The number of imidazole rings is 1. The van der Waals surface area contributed by atoms with E-state index in [2.05, 4.69) is 19.9 Å². The van der Waals surface area contributed by atoms with E-state index in [1.165, 1.54) is 0 Å². The highest BCUT2D eigenvalue weighted by atomic mass is 35.5. The first-order valence-corrected chi connectivity index (χ1v) is 6.80. The predicted molar refractivity (Wildman–Crippen MR) is 66.4 cm³/mol. The highest BCUT2D eigenvalue weighted by Crippen LogP contribution is 2.27. The van der Waals surface area contributed by atoms with Gasteiger partial charge in [-0.1, -0.05) is 0 Å². The van der Waals surface area contributed by atoms with E-state index in [-0.39, 0.29) is 5.28 Å². The van der Waals surface area contributed by atoms with E-state index in [0.29, 0.717) is 11.8 Å². The summed E-state index contributed by atoms with van der Waals surface area (Å²) in [6.07, 6.45) is 4.20. The standard InChI is InChI=1S/C10H11ClN4OS/c11-10-14-8-7(12-5-13-8)9(15-10)17-4-6-2-1-3-16-6/h5-6H,1-4H2,(H,12,13,14,15). The van der Waals surface area contributed by atoms with Crippen LogP contribution in [-0.2, 0) is 4.74 Å². The van der Waals surface area contributed by atoms with Crippen LogP contribution in [0.5, 0.6) is 0 Å². The third-order valence-corrected chi connectivity index (χ3v) is 3.93. The second kappa shape index (κ2) is 4.80. The summed E-state index contributed by atoms with van der Waals surface area (Å²) in [5.41, 5.74) is 1.46. The van der Waals surface area contributed by atoms with Crippen molar-refractivity contribution in [3.05, 3.63) is 11.6 Å². The summed E-state index contributed by atoms with van der Waals surface area (Å²) in [4.78, 5) is 15.4. The molecule has 5 nitrogen and oxygen atoms in total. The van der Waals surface area contributed by atoms with Crippen LogP contribution in [-0.4, -0.2) is 38.4 Å². The highest BCUT2D eigenvalue weighted by Gasteiger charge is 2.17. The minimum Gasteiger partial charge on any atom is -0.377 e. The molecule has 1 unspecified atom stereocenters. The van der Waals surface area contributed by atoms with Crippen molar-refractivity contribution in [2.75, 3.05) is 12.4 Å². The molecule has 1 atom stereocenters. The fraction of sp³-hybridized carbons (Fsp3) is 0.500. The van der Waals surface area contributed by atoms with E-state index >= 15 is 0 Å². The molecule has 0 spiro atoms. The third-order valence-electron chi connectivity index (χ3n) is 2.66. The van der Waals surface area contributed by atoms with Crippen LogP contribution in [0.15, 0.2) is 11.4 Å². The second-order valence-electron chi connectivity index (χ2n) is 3.84. The van der Waals surface area contributed by atoms with Gasteiger partial charge in [-0.25, -0.2) is 9.97 Å². The van der Waals surface area contributed by atoms with Crippen LogP contribution in [0, 0.1) is 0 Å². The number of H-pyrrole nitrogens is 1. The molecule has 1 fully saturated rings. The normalized spacial score (nSPS) is 20.2. The molecule has 1 aliphatic heterocycles. The zero-order valence-electron chi connectivity index (χ0n) is 9.02. The first-order valence-electron chi connectivity index (χ1n) is 5.44. The molecule has 1 aliphatic rings. The summed E-state index contributed by atoms with van der Waals surface area (Å²) in [7, 11) is 0. The van der Waals surface area contributed by atoms with E-state index in [1.807, 2.05) is 0 Å². The van der Waals surface area contributed by atoms with Gasteiger partial charge in [0.1, 0.15) is 10.5 Å². The number of hydrogen-bond acceptors (Lipinski definition) is 5. The molecule has 2 aromatic rings. The Labute approximate surface area is 107 Å². The van der Waals surface area contributed by atoms with Crippen LogP contribution in [0.25, 0.3) is 11.2 Å². The SMILES string of the molecule is Clc1nc(SCC2CCCO2)c2[nH]cnc2n1. The van der Waals surface area contributed by atoms with Crippen LogP contribution >= 0.6 is 23.4 Å². The number of aromatic nitrogens is 4. The van der Waals surface area contributed by atoms with Crippen molar-refractivity contribution in [2.45, 2.75) is 24.0 Å². The average molecular weight is 271 g/mol. The molecule has 90 valence electrons.